The van der Waals surface area contributed by atoms with Crippen LogP contribution < -0.4 is 16.2 Å². The average Bonchev–Trinajstić information content (AvgIpc) is 3.33. The van der Waals surface area contributed by atoms with Crippen LogP contribution in [-0.4, -0.2) is 55.7 Å². The summed E-state index contributed by atoms with van der Waals surface area (Å²) in [6.07, 6.45) is 3.26. The molecule has 0 bridgehead atoms. The van der Waals surface area contributed by atoms with Crippen molar-refractivity contribution in [2.75, 3.05) is 39.1 Å². The van der Waals surface area contributed by atoms with Gasteiger partial charge in [0.05, 0.1) is 6.61 Å². The van der Waals surface area contributed by atoms with E-state index in [4.69, 9.17) is 26.4 Å². The van der Waals surface area contributed by atoms with Gasteiger partial charge in [-0.05, 0) is 42.7 Å². The van der Waals surface area contributed by atoms with E-state index in [9.17, 15) is 9.59 Å². The van der Waals surface area contributed by atoms with Crippen LogP contribution in [0, 0.1) is 5.41 Å². The Labute approximate surface area is 187 Å². The number of hydrogen-bond acceptors (Lipinski definition) is 7. The topological polar surface area (TPSA) is 132 Å². The third-order valence-electron chi connectivity index (χ3n) is 5.24. The number of amides is 1. The predicted octanol–water partition coefficient (Wildman–Crippen LogP) is 2.47. The Morgan fingerprint density at radius 1 is 1.06 bits per heavy atom. The minimum atomic E-state index is -0.570. The molecule has 0 aromatic heterocycles. The van der Waals surface area contributed by atoms with Crippen LogP contribution in [0.25, 0.3) is 5.70 Å². The Morgan fingerprint density at radius 2 is 1.72 bits per heavy atom. The zero-order chi connectivity index (χ0) is 23.1. The number of likely N-dealkylation sites (tertiary alicyclic amines) is 1. The lowest BCUT2D eigenvalue weighted by atomic mass is 10.0. The van der Waals surface area contributed by atoms with Crippen LogP contribution in [0.2, 0.25) is 0 Å². The first-order valence-electron chi connectivity index (χ1n) is 10.4. The number of nitrogens with zero attached hydrogens (tertiary/aromatic N) is 1. The van der Waals surface area contributed by atoms with E-state index in [0.717, 1.165) is 25.9 Å². The fraction of sp³-hybridized carbons (Fsp3) is 0.292. The van der Waals surface area contributed by atoms with Gasteiger partial charge in [0.1, 0.15) is 18.1 Å². The predicted molar refractivity (Wildman–Crippen MR) is 124 cm³/mol. The number of nitrogens with two attached hydrogens (primary N) is 2. The van der Waals surface area contributed by atoms with Gasteiger partial charge in [-0.25, -0.2) is 0 Å². The fourth-order valence-corrected chi connectivity index (χ4v) is 3.44. The Bertz CT molecular complexity index is 1020. The van der Waals surface area contributed by atoms with E-state index in [2.05, 4.69) is 0 Å². The van der Waals surface area contributed by atoms with Crippen molar-refractivity contribution in [1.29, 1.82) is 5.41 Å². The maximum Gasteiger partial charge on any atom is 0.253 e. The summed E-state index contributed by atoms with van der Waals surface area (Å²) in [5.41, 5.74) is 13.8. The second-order valence-electron chi connectivity index (χ2n) is 7.51. The molecule has 1 heterocycles. The number of allylic oxidation sites excluding steroid dienone is 1. The quantitative estimate of drug-likeness (QED) is 0.239. The van der Waals surface area contributed by atoms with E-state index < -0.39 is 5.78 Å². The summed E-state index contributed by atoms with van der Waals surface area (Å²) in [7, 11) is 1.58. The number of benzene rings is 2. The number of carbonyl (C=O) groups is 2. The molecule has 1 amide bonds. The lowest BCUT2D eigenvalue weighted by molar-refractivity contribution is -0.108. The number of carbonyl (C=O) groups excluding carboxylic acids is 2. The summed E-state index contributed by atoms with van der Waals surface area (Å²) in [5, 5.41) is 8.22. The highest BCUT2D eigenvalue weighted by molar-refractivity contribution is 6.50. The van der Waals surface area contributed by atoms with Gasteiger partial charge in [-0.15, -0.1) is 0 Å². The molecule has 2 aromatic rings. The first-order chi connectivity index (χ1) is 15.4. The highest BCUT2D eigenvalue weighted by Crippen LogP contribution is 2.21. The Morgan fingerprint density at radius 3 is 2.34 bits per heavy atom. The number of ether oxygens (including phenoxy) is 2. The molecule has 0 unspecified atom stereocenters. The zero-order valence-corrected chi connectivity index (χ0v) is 18.1. The van der Waals surface area contributed by atoms with Crippen molar-refractivity contribution in [2.24, 2.45) is 5.73 Å². The molecule has 1 fully saturated rings. The Balaban J connectivity index is 1.67. The summed E-state index contributed by atoms with van der Waals surface area (Å²) < 4.78 is 10.4. The first-order valence-corrected chi connectivity index (χ1v) is 10.4. The van der Waals surface area contributed by atoms with Gasteiger partial charge in [0.25, 0.3) is 5.91 Å². The van der Waals surface area contributed by atoms with Crippen molar-refractivity contribution in [3.05, 3.63) is 65.2 Å². The van der Waals surface area contributed by atoms with Crippen LogP contribution in [0.4, 0.5) is 5.69 Å². The van der Waals surface area contributed by atoms with Gasteiger partial charge in [-0.3, -0.25) is 15.0 Å². The van der Waals surface area contributed by atoms with Crippen molar-refractivity contribution in [1.82, 2.24) is 4.90 Å². The minimum Gasteiger partial charge on any atom is -0.491 e. The van der Waals surface area contributed by atoms with Gasteiger partial charge in [0, 0.05) is 54.9 Å². The summed E-state index contributed by atoms with van der Waals surface area (Å²) >= 11 is 0. The number of ketones is 1. The summed E-state index contributed by atoms with van der Waals surface area (Å²) in [4.78, 5) is 26.9. The number of methoxy groups -OCH3 is 1. The molecule has 1 aliphatic rings. The van der Waals surface area contributed by atoms with Crippen LogP contribution in [-0.2, 0) is 9.53 Å². The molecular formula is C24H28N4O4. The van der Waals surface area contributed by atoms with E-state index in [1.807, 2.05) is 4.90 Å². The second kappa shape index (κ2) is 10.6. The van der Waals surface area contributed by atoms with E-state index in [-0.39, 0.29) is 23.0 Å². The monoisotopic (exact) mass is 436 g/mol. The largest absolute Gasteiger partial charge is 0.491 e. The van der Waals surface area contributed by atoms with Crippen molar-refractivity contribution in [3.8, 4) is 5.75 Å². The summed E-state index contributed by atoms with van der Waals surface area (Å²) in [5.74, 6) is -0.0405. The molecule has 8 heteroatoms. The molecule has 1 saturated heterocycles. The zero-order valence-electron chi connectivity index (χ0n) is 18.1. The van der Waals surface area contributed by atoms with Gasteiger partial charge >= 0.3 is 0 Å². The lowest BCUT2D eigenvalue weighted by Crippen LogP contribution is -2.27. The summed E-state index contributed by atoms with van der Waals surface area (Å²) in [6, 6.07) is 11.6. The molecule has 3 rings (SSSR count). The molecule has 32 heavy (non-hydrogen) atoms. The normalized spacial score (nSPS) is 13.8. The highest BCUT2D eigenvalue weighted by atomic mass is 16.5. The smallest absolute Gasteiger partial charge is 0.253 e. The number of hydrogen-bond donors (Lipinski definition) is 3. The lowest BCUT2D eigenvalue weighted by Gasteiger charge is -2.15. The standard InChI is InChI=1S/C24H28N4O4/c1-31-12-13-32-18-8-9-19(21(26)14-18)23(27)22(29)15-20(25)16-4-6-17(7-5-16)24(30)28-10-2-3-11-28/h4-9,14-15,27H,2-3,10-13,25-26H2,1H3. The molecule has 168 valence electrons. The molecule has 0 spiro atoms. The van der Waals surface area contributed by atoms with E-state index in [1.54, 1.807) is 49.6 Å². The summed E-state index contributed by atoms with van der Waals surface area (Å²) in [6.45, 7) is 2.37. The minimum absolute atomic E-state index is 0.000392. The number of anilines is 1. The average molecular weight is 437 g/mol. The van der Waals surface area contributed by atoms with Gasteiger partial charge in [-0.2, -0.15) is 0 Å². The molecule has 0 radical (unpaired) electrons. The van der Waals surface area contributed by atoms with Gasteiger partial charge in [0.2, 0.25) is 5.78 Å². The number of rotatable bonds is 9. The molecule has 8 nitrogen and oxygen atoms in total. The maximum absolute atomic E-state index is 12.6. The number of nitrogens with one attached hydrogen (secondary N) is 1. The van der Waals surface area contributed by atoms with Gasteiger partial charge < -0.3 is 25.8 Å². The van der Waals surface area contributed by atoms with Crippen LogP contribution in [0.15, 0.2) is 48.5 Å². The van der Waals surface area contributed by atoms with E-state index in [1.165, 1.54) is 6.08 Å². The van der Waals surface area contributed by atoms with Crippen molar-refractivity contribution >= 4 is 28.8 Å². The van der Waals surface area contributed by atoms with Crippen LogP contribution >= 0.6 is 0 Å². The first kappa shape index (κ1) is 23.0. The van der Waals surface area contributed by atoms with Crippen molar-refractivity contribution in [2.45, 2.75) is 12.8 Å². The van der Waals surface area contributed by atoms with Crippen LogP contribution in [0.1, 0.15) is 34.3 Å². The third kappa shape index (κ3) is 5.53. The second-order valence-corrected chi connectivity index (χ2v) is 7.51. The van der Waals surface area contributed by atoms with Crippen LogP contribution in [0.3, 0.4) is 0 Å². The van der Waals surface area contributed by atoms with E-state index in [0.29, 0.717) is 35.7 Å². The van der Waals surface area contributed by atoms with Crippen LogP contribution in [0.5, 0.6) is 5.75 Å². The molecule has 0 aliphatic carbocycles. The Hall–Kier alpha value is -3.65. The Kier molecular flexibility index (Phi) is 7.62. The van der Waals surface area contributed by atoms with Crippen molar-refractivity contribution in [3.63, 3.8) is 0 Å². The molecular weight excluding hydrogens is 408 g/mol. The van der Waals surface area contributed by atoms with Crippen molar-refractivity contribution < 1.29 is 19.1 Å². The maximum atomic E-state index is 12.6. The fourth-order valence-electron chi connectivity index (χ4n) is 3.44. The molecule has 1 aliphatic heterocycles. The molecule has 0 atom stereocenters. The third-order valence-corrected chi connectivity index (χ3v) is 5.24. The van der Waals surface area contributed by atoms with Gasteiger partial charge in [-0.1, -0.05) is 12.1 Å². The SMILES string of the molecule is COCCOc1ccc(C(=N)C(=O)C=C(N)c2ccc(C(=O)N3CCCC3)cc2)c(N)c1. The van der Waals surface area contributed by atoms with Gasteiger partial charge in [0.15, 0.2) is 0 Å². The molecule has 0 saturated carbocycles. The number of nitrogen functional groups attached to an aromatic ring is 1. The molecule has 5 N–H and O–H groups in total. The molecule has 2 aromatic carbocycles. The van der Waals surface area contributed by atoms with E-state index >= 15 is 0 Å². The highest BCUT2D eigenvalue weighted by Gasteiger charge is 2.19.